The molecule has 2 aliphatic heterocycles. The lowest BCUT2D eigenvalue weighted by atomic mass is 9.83. The molecule has 1 spiro atoms. The predicted molar refractivity (Wildman–Crippen MR) is 88.3 cm³/mol. The molecule has 22 heavy (non-hydrogen) atoms. The first kappa shape index (κ1) is 13.9. The fourth-order valence-electron chi connectivity index (χ4n) is 4.26. The molecule has 0 saturated carbocycles. The van der Waals surface area contributed by atoms with Crippen LogP contribution in [0.3, 0.4) is 0 Å². The zero-order chi connectivity index (χ0) is 15.0. The largest absolute Gasteiger partial charge is 0.483 e. The monoisotopic (exact) mass is 296 g/mol. The van der Waals surface area contributed by atoms with Crippen LogP contribution in [0.25, 0.3) is 0 Å². The molecule has 2 unspecified atom stereocenters. The van der Waals surface area contributed by atoms with Gasteiger partial charge in [0, 0.05) is 24.5 Å². The Labute approximate surface area is 132 Å². The van der Waals surface area contributed by atoms with E-state index in [0.717, 1.165) is 18.7 Å². The highest BCUT2D eigenvalue weighted by Crippen LogP contribution is 2.49. The molecule has 0 radical (unpaired) electrons. The molecule has 0 N–H and O–H groups in total. The summed E-state index contributed by atoms with van der Waals surface area (Å²) >= 11 is 0. The fraction of sp³-hybridized carbons (Fsp3) is 0.474. The van der Waals surface area contributed by atoms with Gasteiger partial charge in [-0.3, -0.25) is 4.90 Å². The SMILES string of the molecule is CCCN1CCCC2(C1)Oc1ccccc1C2n1cccc1. The Balaban J connectivity index is 1.75. The number of piperidine rings is 1. The summed E-state index contributed by atoms with van der Waals surface area (Å²) in [6.07, 6.45) is 7.90. The second kappa shape index (κ2) is 5.47. The van der Waals surface area contributed by atoms with Crippen molar-refractivity contribution in [3.05, 3.63) is 54.4 Å². The topological polar surface area (TPSA) is 17.4 Å². The summed E-state index contributed by atoms with van der Waals surface area (Å²) in [5, 5.41) is 0. The van der Waals surface area contributed by atoms with Crippen LogP contribution in [0.5, 0.6) is 5.75 Å². The smallest absolute Gasteiger partial charge is 0.146 e. The molecule has 2 aromatic rings. The van der Waals surface area contributed by atoms with Crippen LogP contribution in [0, 0.1) is 0 Å². The van der Waals surface area contributed by atoms with Crippen molar-refractivity contribution in [2.45, 2.75) is 37.8 Å². The van der Waals surface area contributed by atoms with E-state index >= 15 is 0 Å². The van der Waals surface area contributed by atoms with Crippen molar-refractivity contribution >= 4 is 0 Å². The zero-order valence-corrected chi connectivity index (χ0v) is 13.2. The Bertz CT molecular complexity index is 635. The maximum Gasteiger partial charge on any atom is 0.146 e. The summed E-state index contributed by atoms with van der Waals surface area (Å²) in [4.78, 5) is 2.58. The van der Waals surface area contributed by atoms with Gasteiger partial charge in [0.1, 0.15) is 17.4 Å². The standard InChI is InChI=1S/C19H24N2O/c1-2-11-20-12-7-10-19(15-20)18(21-13-5-6-14-21)16-8-3-4-9-17(16)22-19/h3-6,8-9,13-14,18H,2,7,10-12,15H2,1H3. The molecule has 116 valence electrons. The van der Waals surface area contributed by atoms with Gasteiger partial charge >= 0.3 is 0 Å². The van der Waals surface area contributed by atoms with Crippen molar-refractivity contribution in [3.63, 3.8) is 0 Å². The lowest BCUT2D eigenvalue weighted by molar-refractivity contribution is -0.0169. The number of hydrogen-bond donors (Lipinski definition) is 0. The van der Waals surface area contributed by atoms with Crippen LogP contribution < -0.4 is 4.74 Å². The molecule has 4 rings (SSSR count). The molecule has 3 nitrogen and oxygen atoms in total. The zero-order valence-electron chi connectivity index (χ0n) is 13.2. The predicted octanol–water partition coefficient (Wildman–Crippen LogP) is 3.71. The highest BCUT2D eigenvalue weighted by molar-refractivity contribution is 5.44. The number of fused-ring (bicyclic) bond motifs is 1. The summed E-state index contributed by atoms with van der Waals surface area (Å²) in [5.41, 5.74) is 1.22. The van der Waals surface area contributed by atoms with Gasteiger partial charge in [0.15, 0.2) is 0 Å². The number of nitrogens with zero attached hydrogens (tertiary/aromatic N) is 2. The fourth-order valence-corrected chi connectivity index (χ4v) is 4.26. The molecule has 3 heterocycles. The number of hydrogen-bond acceptors (Lipinski definition) is 2. The maximum absolute atomic E-state index is 6.59. The number of aromatic nitrogens is 1. The first-order chi connectivity index (χ1) is 10.8. The number of benzene rings is 1. The first-order valence-corrected chi connectivity index (χ1v) is 8.45. The van der Waals surface area contributed by atoms with Gasteiger partial charge in [-0.05, 0) is 50.6 Å². The Morgan fingerprint density at radius 1 is 1.18 bits per heavy atom. The van der Waals surface area contributed by atoms with Gasteiger partial charge in [0.2, 0.25) is 0 Å². The quantitative estimate of drug-likeness (QED) is 0.859. The van der Waals surface area contributed by atoms with Crippen LogP contribution in [0.4, 0.5) is 0 Å². The van der Waals surface area contributed by atoms with Gasteiger partial charge in [-0.1, -0.05) is 25.1 Å². The molecular weight excluding hydrogens is 272 g/mol. The second-order valence-electron chi connectivity index (χ2n) is 6.62. The van der Waals surface area contributed by atoms with E-state index in [1.54, 1.807) is 0 Å². The van der Waals surface area contributed by atoms with E-state index in [4.69, 9.17) is 4.74 Å². The van der Waals surface area contributed by atoms with Gasteiger partial charge in [0.25, 0.3) is 0 Å². The molecule has 0 bridgehead atoms. The Morgan fingerprint density at radius 2 is 2.00 bits per heavy atom. The van der Waals surface area contributed by atoms with Gasteiger partial charge in [0.05, 0.1) is 0 Å². The van der Waals surface area contributed by atoms with Gasteiger partial charge < -0.3 is 9.30 Å². The third-order valence-corrected chi connectivity index (χ3v) is 5.06. The van der Waals surface area contributed by atoms with Crippen LogP contribution in [-0.4, -0.2) is 34.7 Å². The minimum absolute atomic E-state index is 0.115. The highest BCUT2D eigenvalue weighted by atomic mass is 16.5. The summed E-state index contributed by atoms with van der Waals surface area (Å²) in [7, 11) is 0. The Kier molecular flexibility index (Phi) is 3.45. The van der Waals surface area contributed by atoms with E-state index in [0.29, 0.717) is 6.04 Å². The minimum atomic E-state index is -0.115. The average molecular weight is 296 g/mol. The van der Waals surface area contributed by atoms with Crippen molar-refractivity contribution in [2.24, 2.45) is 0 Å². The van der Waals surface area contributed by atoms with Crippen LogP contribution in [0.2, 0.25) is 0 Å². The molecule has 2 aliphatic rings. The molecule has 3 heteroatoms. The van der Waals surface area contributed by atoms with E-state index in [-0.39, 0.29) is 5.60 Å². The lowest BCUT2D eigenvalue weighted by Gasteiger charge is -2.43. The van der Waals surface area contributed by atoms with Gasteiger partial charge in [-0.15, -0.1) is 0 Å². The van der Waals surface area contributed by atoms with Crippen LogP contribution >= 0.6 is 0 Å². The van der Waals surface area contributed by atoms with E-state index < -0.39 is 0 Å². The van der Waals surface area contributed by atoms with Crippen molar-refractivity contribution in [2.75, 3.05) is 19.6 Å². The van der Waals surface area contributed by atoms with Crippen LogP contribution in [0.1, 0.15) is 37.8 Å². The van der Waals surface area contributed by atoms with Gasteiger partial charge in [-0.25, -0.2) is 0 Å². The third-order valence-electron chi connectivity index (χ3n) is 5.06. The molecule has 1 fully saturated rings. The highest BCUT2D eigenvalue weighted by Gasteiger charge is 2.51. The second-order valence-corrected chi connectivity index (χ2v) is 6.62. The van der Waals surface area contributed by atoms with Crippen molar-refractivity contribution < 1.29 is 4.74 Å². The normalized spacial score (nSPS) is 27.8. The number of likely N-dealkylation sites (tertiary alicyclic amines) is 1. The minimum Gasteiger partial charge on any atom is -0.483 e. The van der Waals surface area contributed by atoms with E-state index in [1.807, 2.05) is 0 Å². The Morgan fingerprint density at radius 3 is 2.82 bits per heavy atom. The summed E-state index contributed by atoms with van der Waals surface area (Å²) in [5.74, 6) is 1.07. The molecule has 0 amide bonds. The van der Waals surface area contributed by atoms with Crippen molar-refractivity contribution in [1.82, 2.24) is 9.47 Å². The first-order valence-electron chi connectivity index (χ1n) is 8.45. The van der Waals surface area contributed by atoms with E-state index in [1.165, 1.54) is 31.5 Å². The maximum atomic E-state index is 6.59. The van der Waals surface area contributed by atoms with Crippen molar-refractivity contribution in [1.29, 1.82) is 0 Å². The third kappa shape index (κ3) is 2.15. The molecule has 1 aromatic carbocycles. The molecule has 2 atom stereocenters. The van der Waals surface area contributed by atoms with Crippen molar-refractivity contribution in [3.8, 4) is 5.75 Å². The van der Waals surface area contributed by atoms with Gasteiger partial charge in [-0.2, -0.15) is 0 Å². The number of rotatable bonds is 3. The summed E-state index contributed by atoms with van der Waals surface area (Å²) in [6, 6.07) is 13.1. The summed E-state index contributed by atoms with van der Waals surface area (Å²) < 4.78 is 8.92. The molecular formula is C19H24N2O. The average Bonchev–Trinajstić information content (AvgIpc) is 3.12. The Hall–Kier alpha value is -1.74. The van der Waals surface area contributed by atoms with Crippen LogP contribution in [0.15, 0.2) is 48.8 Å². The molecule has 0 aliphatic carbocycles. The number of ether oxygens (including phenoxy) is 1. The lowest BCUT2D eigenvalue weighted by Crippen LogP contribution is -2.54. The molecule has 1 aromatic heterocycles. The number of para-hydroxylation sites is 1. The van der Waals surface area contributed by atoms with E-state index in [2.05, 4.69) is 65.2 Å². The van der Waals surface area contributed by atoms with E-state index in [9.17, 15) is 0 Å². The summed E-state index contributed by atoms with van der Waals surface area (Å²) in [6.45, 7) is 5.65. The van der Waals surface area contributed by atoms with Crippen LogP contribution in [-0.2, 0) is 0 Å². The molecule has 1 saturated heterocycles.